The van der Waals surface area contributed by atoms with Gasteiger partial charge >= 0.3 is 19.8 Å². The predicted molar refractivity (Wildman–Crippen MR) is 244 cm³/mol. The van der Waals surface area contributed by atoms with Crippen LogP contribution in [-0.4, -0.2) is 60.5 Å². The Hall–Kier alpha value is -2.33. The molecule has 0 bridgehead atoms. The molecule has 10 nitrogen and oxygen atoms in total. The molecule has 0 rings (SSSR count). The maximum absolute atomic E-state index is 12.7. The van der Waals surface area contributed by atoms with Crippen LogP contribution in [-0.2, 0) is 32.7 Å². The van der Waals surface area contributed by atoms with Gasteiger partial charge in [0, 0.05) is 13.0 Å². The van der Waals surface area contributed by atoms with Gasteiger partial charge in [0.25, 0.3) is 0 Å². The van der Waals surface area contributed by atoms with Gasteiger partial charge < -0.3 is 25.2 Å². The number of carbonyl (C=O) groups excluding carboxylic acids is 1. The summed E-state index contributed by atoms with van der Waals surface area (Å²) in [6.07, 6.45) is 52.7. The van der Waals surface area contributed by atoms with E-state index < -0.39 is 45.1 Å². The fourth-order valence-electron chi connectivity index (χ4n) is 6.18. The number of hydrogen-bond donors (Lipinski definition) is 3. The number of unbranched alkanes of at least 4 members (excludes halogenated alkanes) is 20. The number of carboxylic acids is 1. The van der Waals surface area contributed by atoms with Gasteiger partial charge in [0.05, 0.1) is 19.8 Å². The van der Waals surface area contributed by atoms with E-state index >= 15 is 0 Å². The molecule has 11 heteroatoms. The van der Waals surface area contributed by atoms with Crippen molar-refractivity contribution < 1.29 is 42.7 Å². The lowest BCUT2D eigenvalue weighted by Crippen LogP contribution is -2.34. The largest absolute Gasteiger partial charge is 0.480 e. The van der Waals surface area contributed by atoms with Crippen molar-refractivity contribution in [2.24, 2.45) is 5.73 Å². The number of carboxylic acid groups (broad SMARTS) is 1. The van der Waals surface area contributed by atoms with Crippen LogP contribution in [0.3, 0.4) is 0 Å². The number of aliphatic carboxylic acids is 1. The van der Waals surface area contributed by atoms with Gasteiger partial charge in [-0.1, -0.05) is 171 Å². The third kappa shape index (κ3) is 43.6. The van der Waals surface area contributed by atoms with Crippen LogP contribution in [0.5, 0.6) is 0 Å². The summed E-state index contributed by atoms with van der Waals surface area (Å²) in [7, 11) is -4.62. The highest BCUT2D eigenvalue weighted by atomic mass is 31.2. The van der Waals surface area contributed by atoms with E-state index in [-0.39, 0.29) is 13.0 Å². The van der Waals surface area contributed by atoms with Crippen molar-refractivity contribution in [2.75, 3.05) is 26.4 Å². The first-order valence-corrected chi connectivity index (χ1v) is 24.8. The topological polar surface area (TPSA) is 155 Å². The normalized spacial score (nSPS) is 14.4. The van der Waals surface area contributed by atoms with E-state index in [1.54, 1.807) is 0 Å². The van der Waals surface area contributed by atoms with Crippen LogP contribution in [0.4, 0.5) is 0 Å². The van der Waals surface area contributed by atoms with E-state index in [4.69, 9.17) is 29.4 Å². The highest BCUT2D eigenvalue weighted by Gasteiger charge is 2.27. The molecule has 0 aliphatic heterocycles. The van der Waals surface area contributed by atoms with Crippen LogP contribution in [0.2, 0.25) is 0 Å². The SMILES string of the molecule is CC/C=C\C/C=C\C/C=C\C/C=C\CCCCCCCCCCCCC(=O)OC(COCCCCCCCC/C=C\CCCCCC)COP(=O)(O)OCC(N)C(=O)O. The summed E-state index contributed by atoms with van der Waals surface area (Å²) >= 11 is 0. The number of carbonyl (C=O) groups is 2. The molecule has 0 aliphatic rings. The molecule has 0 aromatic carbocycles. The molecule has 0 saturated carbocycles. The van der Waals surface area contributed by atoms with Gasteiger partial charge in [0.2, 0.25) is 0 Å². The van der Waals surface area contributed by atoms with E-state index in [1.165, 1.54) is 89.9 Å². The second kappa shape index (κ2) is 43.7. The first-order chi connectivity index (χ1) is 28.7. The van der Waals surface area contributed by atoms with Gasteiger partial charge in [-0.15, -0.1) is 0 Å². The van der Waals surface area contributed by atoms with Crippen LogP contribution in [0.15, 0.2) is 60.8 Å². The molecule has 0 aliphatic carbocycles. The van der Waals surface area contributed by atoms with Crippen LogP contribution in [0.25, 0.3) is 0 Å². The first kappa shape index (κ1) is 56.7. The van der Waals surface area contributed by atoms with Crippen molar-refractivity contribution in [2.45, 2.75) is 206 Å². The molecule has 0 aromatic rings. The summed E-state index contributed by atoms with van der Waals surface area (Å²) in [5.41, 5.74) is 5.36. The summed E-state index contributed by atoms with van der Waals surface area (Å²) in [6.45, 7) is 3.74. The molecule has 4 N–H and O–H groups in total. The zero-order valence-corrected chi connectivity index (χ0v) is 38.2. The summed E-state index contributed by atoms with van der Waals surface area (Å²) in [4.78, 5) is 33.6. The van der Waals surface area contributed by atoms with Crippen molar-refractivity contribution in [1.82, 2.24) is 0 Å². The Balaban J connectivity index is 4.18. The minimum Gasteiger partial charge on any atom is -0.480 e. The second-order valence-electron chi connectivity index (χ2n) is 15.5. The standard InChI is InChI=1S/C48H86NO9P/c1-3-5-7-9-11-13-15-17-19-20-21-22-23-24-25-26-27-28-30-32-34-36-38-40-47(50)58-45(43-56-59(53,54)57-44-46(49)48(51)52)42-55-41-39-37-35-33-31-29-18-16-14-12-10-8-6-4-2/h5,7,11,13-14,16-17,19,21-22,45-46H,3-4,6,8-10,12,15,18,20,23-44,49H2,1-2H3,(H,51,52)(H,53,54)/b7-5-,13-11-,16-14-,19-17-,22-21-. The van der Waals surface area contributed by atoms with Crippen LogP contribution in [0.1, 0.15) is 194 Å². The molecular weight excluding hydrogens is 766 g/mol. The predicted octanol–water partition coefficient (Wildman–Crippen LogP) is 13.2. The number of rotatable bonds is 44. The smallest absolute Gasteiger partial charge is 0.472 e. The molecule has 0 amide bonds. The number of phosphoric acid groups is 1. The summed E-state index contributed by atoms with van der Waals surface area (Å²) < 4.78 is 33.4. The Labute approximate surface area is 360 Å². The summed E-state index contributed by atoms with van der Waals surface area (Å²) in [5, 5.41) is 8.91. The second-order valence-corrected chi connectivity index (χ2v) is 17.0. The van der Waals surface area contributed by atoms with Crippen LogP contribution in [0, 0.1) is 0 Å². The molecule has 59 heavy (non-hydrogen) atoms. The zero-order valence-electron chi connectivity index (χ0n) is 37.3. The average Bonchev–Trinajstić information content (AvgIpc) is 3.21. The molecule has 0 spiro atoms. The van der Waals surface area contributed by atoms with Crippen molar-refractivity contribution in [3.8, 4) is 0 Å². The fraction of sp³-hybridized carbons (Fsp3) is 0.750. The Morgan fingerprint density at radius 3 is 1.49 bits per heavy atom. The Bertz CT molecular complexity index is 1170. The minimum absolute atomic E-state index is 0.00952. The van der Waals surface area contributed by atoms with E-state index in [0.29, 0.717) is 13.0 Å². The van der Waals surface area contributed by atoms with E-state index in [9.17, 15) is 19.0 Å². The average molecular weight is 852 g/mol. The highest BCUT2D eigenvalue weighted by molar-refractivity contribution is 7.47. The number of nitrogens with two attached hydrogens (primary N) is 1. The fourth-order valence-corrected chi connectivity index (χ4v) is 6.96. The molecule has 3 atom stereocenters. The lowest BCUT2D eigenvalue weighted by molar-refractivity contribution is -0.154. The van der Waals surface area contributed by atoms with E-state index in [2.05, 4.69) is 74.6 Å². The number of ether oxygens (including phenoxy) is 2. The molecule has 3 unspecified atom stereocenters. The third-order valence-electron chi connectivity index (χ3n) is 9.78. The quantitative estimate of drug-likeness (QED) is 0.0233. The van der Waals surface area contributed by atoms with Crippen molar-refractivity contribution >= 4 is 19.8 Å². The van der Waals surface area contributed by atoms with E-state index in [1.807, 2.05) is 0 Å². The lowest BCUT2D eigenvalue weighted by Gasteiger charge is -2.20. The molecule has 0 radical (unpaired) electrons. The van der Waals surface area contributed by atoms with Crippen LogP contribution >= 0.6 is 7.82 Å². The maximum Gasteiger partial charge on any atom is 0.472 e. The Morgan fingerprint density at radius 1 is 0.559 bits per heavy atom. The molecule has 0 saturated heterocycles. The number of allylic oxidation sites excluding steroid dienone is 10. The van der Waals surface area contributed by atoms with Crippen molar-refractivity contribution in [1.29, 1.82) is 0 Å². The third-order valence-corrected chi connectivity index (χ3v) is 10.7. The van der Waals surface area contributed by atoms with Gasteiger partial charge in [-0.2, -0.15) is 0 Å². The van der Waals surface area contributed by atoms with Gasteiger partial charge in [0.15, 0.2) is 0 Å². The molecular formula is C48H86NO9P. The lowest BCUT2D eigenvalue weighted by atomic mass is 10.0. The number of esters is 1. The Kier molecular flexibility index (Phi) is 42.0. The van der Waals surface area contributed by atoms with Crippen LogP contribution < -0.4 is 5.73 Å². The van der Waals surface area contributed by atoms with Crippen molar-refractivity contribution in [3.05, 3.63) is 60.8 Å². The monoisotopic (exact) mass is 852 g/mol. The van der Waals surface area contributed by atoms with Gasteiger partial charge in [0.1, 0.15) is 12.1 Å². The maximum atomic E-state index is 12.7. The summed E-state index contributed by atoms with van der Waals surface area (Å²) in [5.74, 6) is -1.79. The van der Waals surface area contributed by atoms with Gasteiger partial charge in [-0.25, -0.2) is 4.57 Å². The van der Waals surface area contributed by atoms with Gasteiger partial charge in [-0.3, -0.25) is 18.6 Å². The number of hydrogen-bond acceptors (Lipinski definition) is 8. The number of phosphoric ester groups is 1. The molecule has 0 fully saturated rings. The van der Waals surface area contributed by atoms with Crippen molar-refractivity contribution in [3.63, 3.8) is 0 Å². The van der Waals surface area contributed by atoms with Gasteiger partial charge in [-0.05, 0) is 77.0 Å². The zero-order chi connectivity index (χ0) is 43.3. The van der Waals surface area contributed by atoms with E-state index in [0.717, 1.165) is 77.0 Å². The highest BCUT2D eigenvalue weighted by Crippen LogP contribution is 2.43. The Morgan fingerprint density at radius 2 is 0.983 bits per heavy atom. The first-order valence-electron chi connectivity index (χ1n) is 23.3. The minimum atomic E-state index is -4.62. The molecule has 342 valence electrons. The molecule has 0 aromatic heterocycles. The molecule has 0 heterocycles. The summed E-state index contributed by atoms with van der Waals surface area (Å²) in [6, 6.07) is -1.48.